The minimum absolute atomic E-state index is 0.462. The van der Waals surface area contributed by atoms with Gasteiger partial charge < -0.3 is 16.0 Å². The van der Waals surface area contributed by atoms with Gasteiger partial charge in [0.05, 0.1) is 5.56 Å². The maximum Gasteiger partial charge on any atom is 0.101 e. The summed E-state index contributed by atoms with van der Waals surface area (Å²) in [6.45, 7) is 2.22. The first-order chi connectivity index (χ1) is 8.19. The molecule has 1 aromatic carbocycles. The predicted octanol–water partition coefficient (Wildman–Crippen LogP) is 1.65. The Morgan fingerprint density at radius 1 is 1.53 bits per heavy atom. The fourth-order valence-corrected chi connectivity index (χ4v) is 2.26. The number of nitrogens with zero attached hydrogens (tertiary/aromatic N) is 2. The van der Waals surface area contributed by atoms with Crippen LogP contribution in [-0.4, -0.2) is 31.1 Å². The van der Waals surface area contributed by atoms with Gasteiger partial charge >= 0.3 is 0 Å². The third-order valence-corrected chi connectivity index (χ3v) is 3.17. The van der Waals surface area contributed by atoms with Crippen molar-refractivity contribution in [3.63, 3.8) is 0 Å². The summed E-state index contributed by atoms with van der Waals surface area (Å²) in [4.78, 5) is 2.32. The first-order valence-electron chi connectivity index (χ1n) is 5.94. The van der Waals surface area contributed by atoms with Crippen molar-refractivity contribution in [3.8, 4) is 6.07 Å². The number of nitriles is 1. The highest BCUT2D eigenvalue weighted by molar-refractivity contribution is 5.62. The average Bonchev–Trinajstić information content (AvgIpc) is 2.32. The fraction of sp³-hybridized carbons (Fsp3) is 0.462. The lowest BCUT2D eigenvalue weighted by Gasteiger charge is -2.30. The number of nitrogens with one attached hydrogen (secondary N) is 1. The molecule has 0 spiro atoms. The highest BCUT2D eigenvalue weighted by Crippen LogP contribution is 2.19. The topological polar surface area (TPSA) is 65.1 Å². The van der Waals surface area contributed by atoms with E-state index >= 15 is 0 Å². The van der Waals surface area contributed by atoms with Gasteiger partial charge in [0.2, 0.25) is 0 Å². The van der Waals surface area contributed by atoms with Crippen molar-refractivity contribution in [3.05, 3.63) is 23.8 Å². The molecule has 1 unspecified atom stereocenters. The summed E-state index contributed by atoms with van der Waals surface area (Å²) in [5.41, 5.74) is 7.76. The zero-order valence-electron chi connectivity index (χ0n) is 10.1. The SMILES string of the molecule is CN1CCCC(Nc2ccc(N)c(C#N)c2)C1. The van der Waals surface area contributed by atoms with Crippen LogP contribution in [0.3, 0.4) is 0 Å². The normalized spacial score (nSPS) is 20.8. The maximum atomic E-state index is 8.92. The lowest BCUT2D eigenvalue weighted by Crippen LogP contribution is -2.39. The van der Waals surface area contributed by atoms with Crippen LogP contribution in [0.4, 0.5) is 11.4 Å². The summed E-state index contributed by atoms with van der Waals surface area (Å²) >= 11 is 0. The number of anilines is 2. The molecule has 1 aromatic rings. The van der Waals surface area contributed by atoms with Crippen molar-refractivity contribution in [2.75, 3.05) is 31.2 Å². The quantitative estimate of drug-likeness (QED) is 0.758. The van der Waals surface area contributed by atoms with Gasteiger partial charge in [-0.2, -0.15) is 5.26 Å². The Bertz CT molecular complexity index is 436. The molecular weight excluding hydrogens is 212 g/mol. The lowest BCUT2D eigenvalue weighted by molar-refractivity contribution is 0.261. The largest absolute Gasteiger partial charge is 0.398 e. The molecule has 90 valence electrons. The molecule has 1 atom stereocenters. The highest BCUT2D eigenvalue weighted by Gasteiger charge is 2.16. The molecular formula is C13H18N4. The van der Waals surface area contributed by atoms with Crippen LogP contribution >= 0.6 is 0 Å². The Morgan fingerprint density at radius 2 is 2.35 bits per heavy atom. The third-order valence-electron chi connectivity index (χ3n) is 3.17. The number of piperidine rings is 1. The minimum Gasteiger partial charge on any atom is -0.398 e. The van der Waals surface area contributed by atoms with Crippen LogP contribution in [0.5, 0.6) is 0 Å². The lowest BCUT2D eigenvalue weighted by atomic mass is 10.1. The van der Waals surface area contributed by atoms with Crippen molar-refractivity contribution >= 4 is 11.4 Å². The Balaban J connectivity index is 2.06. The summed E-state index contributed by atoms with van der Waals surface area (Å²) in [6, 6.07) is 8.11. The second-order valence-corrected chi connectivity index (χ2v) is 4.66. The average molecular weight is 230 g/mol. The zero-order valence-corrected chi connectivity index (χ0v) is 10.1. The standard InChI is InChI=1S/C13H18N4/c1-17-6-2-3-12(9-17)16-11-4-5-13(15)10(7-11)8-14/h4-5,7,12,16H,2-3,6,9,15H2,1H3. The van der Waals surface area contributed by atoms with Crippen molar-refractivity contribution < 1.29 is 0 Å². The van der Waals surface area contributed by atoms with Crippen molar-refractivity contribution in [2.45, 2.75) is 18.9 Å². The molecule has 1 fully saturated rings. The molecule has 0 saturated carbocycles. The Labute approximate surface area is 102 Å². The number of nitrogens with two attached hydrogens (primary N) is 1. The van der Waals surface area contributed by atoms with E-state index in [0.29, 0.717) is 17.3 Å². The first kappa shape index (κ1) is 11.7. The summed E-state index contributed by atoms with van der Waals surface area (Å²) in [6.07, 6.45) is 2.39. The molecule has 17 heavy (non-hydrogen) atoms. The molecule has 2 rings (SSSR count). The van der Waals surface area contributed by atoms with Crippen LogP contribution in [0.1, 0.15) is 18.4 Å². The Morgan fingerprint density at radius 3 is 3.06 bits per heavy atom. The van der Waals surface area contributed by atoms with Gasteiger partial charge in [-0.25, -0.2) is 0 Å². The van der Waals surface area contributed by atoms with E-state index in [1.807, 2.05) is 12.1 Å². The van der Waals surface area contributed by atoms with Gasteiger partial charge in [-0.05, 0) is 44.6 Å². The number of nitrogen functional groups attached to an aromatic ring is 1. The van der Waals surface area contributed by atoms with Crippen molar-refractivity contribution in [1.82, 2.24) is 4.90 Å². The van der Waals surface area contributed by atoms with Gasteiger partial charge in [0, 0.05) is 24.0 Å². The van der Waals surface area contributed by atoms with Gasteiger partial charge in [-0.3, -0.25) is 0 Å². The van der Waals surface area contributed by atoms with Gasteiger partial charge in [0.1, 0.15) is 6.07 Å². The summed E-state index contributed by atoms with van der Waals surface area (Å²) in [7, 11) is 2.14. The zero-order chi connectivity index (χ0) is 12.3. The van der Waals surface area contributed by atoms with Crippen LogP contribution in [0.2, 0.25) is 0 Å². The monoisotopic (exact) mass is 230 g/mol. The van der Waals surface area contributed by atoms with E-state index in [4.69, 9.17) is 11.0 Å². The second kappa shape index (κ2) is 5.07. The van der Waals surface area contributed by atoms with Crippen LogP contribution < -0.4 is 11.1 Å². The van der Waals surface area contributed by atoms with E-state index in [0.717, 1.165) is 12.2 Å². The number of benzene rings is 1. The summed E-state index contributed by atoms with van der Waals surface area (Å²) < 4.78 is 0. The Kier molecular flexibility index (Phi) is 3.50. The first-order valence-corrected chi connectivity index (χ1v) is 5.94. The number of rotatable bonds is 2. The molecule has 0 radical (unpaired) electrons. The molecule has 0 bridgehead atoms. The van der Waals surface area contributed by atoms with E-state index in [1.54, 1.807) is 6.07 Å². The number of likely N-dealkylation sites (N-methyl/N-ethyl adjacent to an activating group) is 1. The molecule has 1 aliphatic rings. The third kappa shape index (κ3) is 2.89. The van der Waals surface area contributed by atoms with Crippen molar-refractivity contribution in [1.29, 1.82) is 5.26 Å². The van der Waals surface area contributed by atoms with Gasteiger partial charge in [0.25, 0.3) is 0 Å². The van der Waals surface area contributed by atoms with E-state index in [-0.39, 0.29) is 0 Å². The van der Waals surface area contributed by atoms with E-state index < -0.39 is 0 Å². The van der Waals surface area contributed by atoms with E-state index in [2.05, 4.69) is 23.3 Å². The van der Waals surface area contributed by atoms with Crippen LogP contribution in [0, 0.1) is 11.3 Å². The maximum absolute atomic E-state index is 8.92. The number of hydrogen-bond donors (Lipinski definition) is 2. The molecule has 0 amide bonds. The highest BCUT2D eigenvalue weighted by atomic mass is 15.1. The molecule has 1 heterocycles. The molecule has 1 saturated heterocycles. The predicted molar refractivity (Wildman–Crippen MR) is 69.7 cm³/mol. The molecule has 0 aliphatic carbocycles. The van der Waals surface area contributed by atoms with E-state index in [1.165, 1.54) is 19.4 Å². The Hall–Kier alpha value is -1.73. The molecule has 4 heteroatoms. The van der Waals surface area contributed by atoms with Crippen LogP contribution in [0.25, 0.3) is 0 Å². The second-order valence-electron chi connectivity index (χ2n) is 4.66. The molecule has 0 aromatic heterocycles. The number of hydrogen-bond acceptors (Lipinski definition) is 4. The van der Waals surface area contributed by atoms with Gasteiger partial charge in [-0.1, -0.05) is 0 Å². The van der Waals surface area contributed by atoms with Crippen LogP contribution in [-0.2, 0) is 0 Å². The van der Waals surface area contributed by atoms with Gasteiger partial charge in [0.15, 0.2) is 0 Å². The molecule has 1 aliphatic heterocycles. The van der Waals surface area contributed by atoms with Crippen molar-refractivity contribution in [2.24, 2.45) is 0 Å². The molecule has 3 N–H and O–H groups in total. The van der Waals surface area contributed by atoms with Gasteiger partial charge in [-0.15, -0.1) is 0 Å². The number of likely N-dealkylation sites (tertiary alicyclic amines) is 1. The summed E-state index contributed by atoms with van der Waals surface area (Å²) in [5, 5.41) is 12.4. The van der Waals surface area contributed by atoms with Crippen LogP contribution in [0.15, 0.2) is 18.2 Å². The fourth-order valence-electron chi connectivity index (χ4n) is 2.26. The van der Waals surface area contributed by atoms with E-state index in [9.17, 15) is 0 Å². The minimum atomic E-state index is 0.462. The summed E-state index contributed by atoms with van der Waals surface area (Å²) in [5.74, 6) is 0. The molecule has 4 nitrogen and oxygen atoms in total. The smallest absolute Gasteiger partial charge is 0.101 e.